The molecule has 7 aromatic carbocycles. The molecule has 0 aliphatic heterocycles. The van der Waals surface area contributed by atoms with E-state index < -0.39 is 0 Å². The summed E-state index contributed by atoms with van der Waals surface area (Å²) in [5.74, 6) is 1.57. The van der Waals surface area contributed by atoms with Crippen LogP contribution in [-0.2, 0) is 0 Å². The first-order valence-corrected chi connectivity index (χ1v) is 19.3. The predicted octanol–water partition coefficient (Wildman–Crippen LogP) is 13.2. The van der Waals surface area contributed by atoms with Gasteiger partial charge in [0.15, 0.2) is 5.84 Å². The molecule has 0 saturated heterocycles. The molecule has 1 heterocycles. The van der Waals surface area contributed by atoms with Gasteiger partial charge in [-0.15, -0.1) is 0 Å². The van der Waals surface area contributed by atoms with E-state index in [-0.39, 0.29) is 0 Å². The van der Waals surface area contributed by atoms with Crippen LogP contribution in [0.3, 0.4) is 0 Å². The minimum atomic E-state index is 0.629. The van der Waals surface area contributed by atoms with E-state index in [0.29, 0.717) is 11.5 Å². The lowest BCUT2D eigenvalue weighted by atomic mass is 9.90. The number of nitrogens with zero attached hydrogens (tertiary/aromatic N) is 4. The van der Waals surface area contributed by atoms with Gasteiger partial charge in [0.1, 0.15) is 5.82 Å². The van der Waals surface area contributed by atoms with E-state index >= 15 is 0 Å². The summed E-state index contributed by atoms with van der Waals surface area (Å²) in [4.78, 5) is 15.1. The Morgan fingerprint density at radius 2 is 1.18 bits per heavy atom. The lowest BCUT2D eigenvalue weighted by molar-refractivity contribution is 1.05. The van der Waals surface area contributed by atoms with Crippen LogP contribution in [0.25, 0.3) is 55.5 Å². The van der Waals surface area contributed by atoms with Gasteiger partial charge in [-0.3, -0.25) is 4.57 Å². The van der Waals surface area contributed by atoms with Crippen LogP contribution in [0.1, 0.15) is 41.4 Å². The third-order valence-electron chi connectivity index (χ3n) is 10.4. The predicted molar refractivity (Wildman–Crippen MR) is 241 cm³/mol. The van der Waals surface area contributed by atoms with E-state index in [4.69, 9.17) is 15.0 Å². The number of amidine groups is 1. The molecule has 0 fully saturated rings. The summed E-state index contributed by atoms with van der Waals surface area (Å²) < 4.78 is 2.26. The van der Waals surface area contributed by atoms with Crippen molar-refractivity contribution in [2.45, 2.75) is 13.3 Å². The molecule has 1 aliphatic carbocycles. The second-order valence-corrected chi connectivity index (χ2v) is 14.1. The van der Waals surface area contributed by atoms with Gasteiger partial charge in [-0.2, -0.15) is 0 Å². The average Bonchev–Trinajstić information content (AvgIpc) is 3.49. The summed E-state index contributed by atoms with van der Waals surface area (Å²) in [5.41, 5.74) is 13.4. The zero-order valence-corrected chi connectivity index (χ0v) is 31.8. The molecule has 9 rings (SSSR count). The van der Waals surface area contributed by atoms with E-state index in [1.807, 2.05) is 61.5 Å². The van der Waals surface area contributed by atoms with Gasteiger partial charge in [0.25, 0.3) is 0 Å². The first-order chi connectivity index (χ1) is 28.1. The van der Waals surface area contributed by atoms with Gasteiger partial charge in [-0.25, -0.2) is 15.0 Å². The number of allylic oxidation sites excluding steroid dienone is 6. The van der Waals surface area contributed by atoms with Crippen LogP contribution in [-0.4, -0.2) is 21.1 Å². The van der Waals surface area contributed by atoms with Crippen molar-refractivity contribution in [1.82, 2.24) is 9.55 Å². The number of para-hydroxylation sites is 3. The monoisotopic (exact) mass is 732 g/mol. The third kappa shape index (κ3) is 7.25. The van der Waals surface area contributed by atoms with Crippen molar-refractivity contribution in [3.05, 3.63) is 235 Å². The van der Waals surface area contributed by atoms with Crippen molar-refractivity contribution in [2.75, 3.05) is 0 Å². The molecule has 0 spiro atoms. The summed E-state index contributed by atoms with van der Waals surface area (Å²) in [5, 5.41) is 2.41. The normalized spacial score (nSPS) is 13.4. The minimum absolute atomic E-state index is 0.629. The molecule has 0 bridgehead atoms. The number of imidazole rings is 1. The quantitative estimate of drug-likeness (QED) is 0.113. The van der Waals surface area contributed by atoms with Crippen LogP contribution >= 0.6 is 0 Å². The number of benzene rings is 7. The molecule has 8 aromatic rings. The number of aliphatic imine (C=N–C) groups is 2. The van der Waals surface area contributed by atoms with Crippen LogP contribution in [0.4, 0.5) is 0 Å². The molecule has 0 N–H and O–H groups in total. The fourth-order valence-electron chi connectivity index (χ4n) is 7.55. The van der Waals surface area contributed by atoms with Crippen LogP contribution in [0.15, 0.2) is 217 Å². The first-order valence-electron chi connectivity index (χ1n) is 19.3. The molecule has 0 amide bonds. The van der Waals surface area contributed by atoms with Gasteiger partial charge in [0.05, 0.1) is 16.7 Å². The Labute approximate surface area is 333 Å². The van der Waals surface area contributed by atoms with Crippen LogP contribution in [0, 0.1) is 0 Å². The number of rotatable bonds is 8. The molecular weight excluding hydrogens is 693 g/mol. The lowest BCUT2D eigenvalue weighted by Gasteiger charge is -2.14. The van der Waals surface area contributed by atoms with Crippen molar-refractivity contribution in [3.8, 4) is 16.8 Å². The Morgan fingerprint density at radius 1 is 0.561 bits per heavy atom. The second kappa shape index (κ2) is 15.7. The molecule has 1 aromatic heterocycles. The smallest absolute Gasteiger partial charge is 0.160 e. The van der Waals surface area contributed by atoms with Gasteiger partial charge in [0.2, 0.25) is 0 Å². The Hall–Kier alpha value is -7.43. The van der Waals surface area contributed by atoms with Gasteiger partial charge in [-0.05, 0) is 81.8 Å². The summed E-state index contributed by atoms with van der Waals surface area (Å²) in [6, 6.07) is 60.8. The summed E-state index contributed by atoms with van der Waals surface area (Å²) in [7, 11) is 0. The fourth-order valence-corrected chi connectivity index (χ4v) is 7.55. The zero-order valence-electron chi connectivity index (χ0n) is 31.8. The second-order valence-electron chi connectivity index (χ2n) is 14.1. The van der Waals surface area contributed by atoms with Crippen LogP contribution < -0.4 is 0 Å². The van der Waals surface area contributed by atoms with E-state index in [1.165, 1.54) is 27.5 Å². The first kappa shape index (κ1) is 35.3. The zero-order chi connectivity index (χ0) is 38.6. The highest BCUT2D eigenvalue weighted by molar-refractivity contribution is 6.12. The van der Waals surface area contributed by atoms with Gasteiger partial charge in [0, 0.05) is 22.5 Å². The number of hydrogen-bond acceptors (Lipinski definition) is 2. The highest BCUT2D eigenvalue weighted by Gasteiger charge is 2.17. The largest absolute Gasteiger partial charge is 0.292 e. The van der Waals surface area contributed by atoms with Gasteiger partial charge < -0.3 is 0 Å². The van der Waals surface area contributed by atoms with Crippen LogP contribution in [0.2, 0.25) is 0 Å². The van der Waals surface area contributed by atoms with Crippen molar-refractivity contribution in [1.29, 1.82) is 0 Å². The Bertz CT molecular complexity index is 2900. The molecule has 0 unspecified atom stereocenters. The van der Waals surface area contributed by atoms with E-state index in [2.05, 4.69) is 157 Å². The SMILES string of the molecule is C=C(N=C(N=C(C)c1ccccc1)c1ccccc1)c1ccc(-c2cccc3cccc(C4=CCC=C(c5nc6ccccc6n5-c5ccccc5)C=C4)c23)cc1. The molecule has 1 aliphatic rings. The Balaban J connectivity index is 1.04. The third-order valence-corrected chi connectivity index (χ3v) is 10.4. The maximum atomic E-state index is 5.13. The Kier molecular flexibility index (Phi) is 9.74. The molecule has 0 saturated carbocycles. The number of fused-ring (bicyclic) bond motifs is 2. The molecule has 0 atom stereocenters. The molecule has 0 radical (unpaired) electrons. The molecule has 4 heteroatoms. The molecule has 272 valence electrons. The van der Waals surface area contributed by atoms with Crippen molar-refractivity contribution in [2.24, 2.45) is 9.98 Å². The van der Waals surface area contributed by atoms with Gasteiger partial charge >= 0.3 is 0 Å². The maximum absolute atomic E-state index is 5.13. The highest BCUT2D eigenvalue weighted by Crippen LogP contribution is 2.37. The topological polar surface area (TPSA) is 42.5 Å². The van der Waals surface area contributed by atoms with Crippen molar-refractivity contribution in [3.63, 3.8) is 0 Å². The molecule has 4 nitrogen and oxygen atoms in total. The Morgan fingerprint density at radius 3 is 1.91 bits per heavy atom. The van der Waals surface area contributed by atoms with E-state index in [0.717, 1.165) is 62.5 Å². The summed E-state index contributed by atoms with van der Waals surface area (Å²) in [6.45, 7) is 6.40. The average molecular weight is 733 g/mol. The summed E-state index contributed by atoms with van der Waals surface area (Å²) in [6.07, 6.45) is 9.85. The van der Waals surface area contributed by atoms with Crippen molar-refractivity contribution < 1.29 is 0 Å². The molecular formula is C53H40N4. The highest BCUT2D eigenvalue weighted by atomic mass is 15.1. The fraction of sp³-hybridized carbons (Fsp3) is 0.0377. The number of aromatic nitrogens is 2. The van der Waals surface area contributed by atoms with E-state index in [1.54, 1.807) is 0 Å². The van der Waals surface area contributed by atoms with Crippen LogP contribution in [0.5, 0.6) is 0 Å². The van der Waals surface area contributed by atoms with Gasteiger partial charge in [-0.1, -0.05) is 183 Å². The number of hydrogen-bond donors (Lipinski definition) is 0. The van der Waals surface area contributed by atoms with Crippen molar-refractivity contribution >= 4 is 50.2 Å². The standard InChI is InChI=1S/C53H40N4/c1-37(39-17-6-3-7-18-39)54-52(44-19-8-4-9-20-44)55-38(2)40-31-33-42(34-32-40)48-28-16-23-43-22-15-27-47(51(43)48)41-21-14-24-45(36-35-41)53-56-49-29-12-13-30-50(49)57(53)46-25-10-5-11-26-46/h3-13,15-36H,2,14H2,1H3. The maximum Gasteiger partial charge on any atom is 0.160 e. The molecule has 57 heavy (non-hydrogen) atoms. The lowest BCUT2D eigenvalue weighted by Crippen LogP contribution is -2.04. The minimum Gasteiger partial charge on any atom is -0.292 e. The van der Waals surface area contributed by atoms with E-state index in [9.17, 15) is 0 Å². The summed E-state index contributed by atoms with van der Waals surface area (Å²) >= 11 is 0.